The van der Waals surface area contributed by atoms with E-state index < -0.39 is 70.0 Å². The summed E-state index contributed by atoms with van der Waals surface area (Å²) in [5, 5.41) is -5.58. The van der Waals surface area contributed by atoms with Crippen LogP contribution >= 0.6 is 23.2 Å². The van der Waals surface area contributed by atoms with Crippen LogP contribution in [0.25, 0.3) is 0 Å². The van der Waals surface area contributed by atoms with Gasteiger partial charge in [0.05, 0.1) is 0 Å². The highest BCUT2D eigenvalue weighted by atomic mass is 35.5. The summed E-state index contributed by atoms with van der Waals surface area (Å²) in [4.78, 5) is 0. The molecule has 0 radical (unpaired) electrons. The second kappa shape index (κ2) is 8.90. The van der Waals surface area contributed by atoms with E-state index in [1.54, 1.807) is 0 Å². The van der Waals surface area contributed by atoms with Gasteiger partial charge in [0.2, 0.25) is 19.7 Å². The Morgan fingerprint density at radius 2 is 0.600 bits per heavy atom. The second-order valence-electron chi connectivity index (χ2n) is 4.48. The molecule has 0 amide bonds. The zero-order valence-electron chi connectivity index (χ0n) is 12.8. The van der Waals surface area contributed by atoms with Crippen molar-refractivity contribution in [2.24, 2.45) is 0 Å². The molecule has 0 aromatic heterocycles. The molecule has 24 heteroatoms. The number of hydrogen-bond acceptors (Lipinski definition) is 8. The standard InChI is InChI=1S/C3H2Cl2F4O4S2.C3H2F6O4S2/c4-2(6,7)14(10,11)1-15(12,13)3(5,8)9;4-2(5,6)14(10,11)1-15(12,13)3(7,8)9/h2*1H2. The Bertz CT molecular complexity index is 858. The van der Waals surface area contributed by atoms with Gasteiger partial charge in [-0.3, -0.25) is 0 Å². The van der Waals surface area contributed by atoms with Crippen LogP contribution in [-0.2, 0) is 39.3 Å². The highest BCUT2D eigenvalue weighted by molar-refractivity contribution is 8.10. The topological polar surface area (TPSA) is 137 Å². The molecule has 0 atom stereocenters. The molecule has 0 saturated heterocycles. The van der Waals surface area contributed by atoms with E-state index in [1.165, 1.54) is 0 Å². The van der Waals surface area contributed by atoms with Crippen LogP contribution < -0.4 is 0 Å². The van der Waals surface area contributed by atoms with Crippen molar-refractivity contribution >= 4 is 62.6 Å². The molecule has 0 heterocycles. The quantitative estimate of drug-likeness (QED) is 0.338. The summed E-state index contributed by atoms with van der Waals surface area (Å²) in [6.45, 7) is 0. The lowest BCUT2D eigenvalue weighted by molar-refractivity contribution is -0.0456. The Kier molecular flexibility index (Phi) is 9.46. The number of halogens is 12. The molecule has 0 bridgehead atoms. The highest BCUT2D eigenvalue weighted by Crippen LogP contribution is 2.34. The van der Waals surface area contributed by atoms with Crippen LogP contribution in [0.15, 0.2) is 0 Å². The van der Waals surface area contributed by atoms with E-state index in [4.69, 9.17) is 0 Å². The number of hydrogen-bond donors (Lipinski definition) is 0. The Morgan fingerprint density at radius 1 is 0.433 bits per heavy atom. The van der Waals surface area contributed by atoms with Gasteiger partial charge in [-0.2, -0.15) is 43.9 Å². The van der Waals surface area contributed by atoms with Crippen LogP contribution in [0, 0.1) is 0 Å². The fourth-order valence-electron chi connectivity index (χ4n) is 0.676. The third kappa shape index (κ3) is 8.67. The fraction of sp³-hybridized carbons (Fsp3) is 1.00. The Balaban J connectivity index is 0. The maximum atomic E-state index is 12.0. The van der Waals surface area contributed by atoms with Crippen LogP contribution in [0.1, 0.15) is 0 Å². The number of alkyl halides is 12. The fourth-order valence-corrected chi connectivity index (χ4v) is 6.88. The summed E-state index contributed by atoms with van der Waals surface area (Å²) in [6, 6.07) is 0. The first-order chi connectivity index (χ1) is 12.4. The van der Waals surface area contributed by atoms with Crippen molar-refractivity contribution in [1.82, 2.24) is 0 Å². The van der Waals surface area contributed by atoms with Crippen molar-refractivity contribution in [3.8, 4) is 0 Å². The van der Waals surface area contributed by atoms with Gasteiger partial charge in [-0.05, 0) is 23.2 Å². The van der Waals surface area contributed by atoms with E-state index in [1.807, 2.05) is 0 Å². The molecule has 8 nitrogen and oxygen atoms in total. The molecule has 0 N–H and O–H groups in total. The maximum absolute atomic E-state index is 12.0. The summed E-state index contributed by atoms with van der Waals surface area (Å²) in [7, 11) is -24.2. The molecule has 0 aliphatic rings. The van der Waals surface area contributed by atoms with Crippen molar-refractivity contribution in [2.45, 2.75) is 20.4 Å². The van der Waals surface area contributed by atoms with E-state index in [-0.39, 0.29) is 0 Å². The van der Waals surface area contributed by atoms with Crippen molar-refractivity contribution in [3.05, 3.63) is 0 Å². The summed E-state index contributed by atoms with van der Waals surface area (Å²) in [5.74, 6) is 0. The lowest BCUT2D eigenvalue weighted by atomic mass is 11.5. The molecular formula is C6H4Cl2F10O8S4. The minimum Gasteiger partial charge on any atom is -0.220 e. The first-order valence-corrected chi connectivity index (χ1v) is 12.9. The SMILES string of the molecule is O=S(=O)(CS(=O)(=O)C(F)(F)Cl)C(F)(F)Cl.O=S(=O)(CS(=O)(=O)C(F)(F)F)C(F)(F)F. The average molecular weight is 593 g/mol. The van der Waals surface area contributed by atoms with Gasteiger partial charge in [-0.15, -0.1) is 0 Å². The predicted molar refractivity (Wildman–Crippen MR) is 79.1 cm³/mol. The zero-order valence-corrected chi connectivity index (χ0v) is 17.6. The van der Waals surface area contributed by atoms with Crippen LogP contribution in [0.3, 0.4) is 0 Å². The smallest absolute Gasteiger partial charge is 0.220 e. The highest BCUT2D eigenvalue weighted by Gasteiger charge is 2.55. The van der Waals surface area contributed by atoms with Gasteiger partial charge in [0.25, 0.3) is 19.7 Å². The van der Waals surface area contributed by atoms with Gasteiger partial charge in [0, 0.05) is 0 Å². The molecule has 0 rings (SSSR count). The Morgan fingerprint density at radius 3 is 0.733 bits per heavy atom. The molecule has 0 spiro atoms. The van der Waals surface area contributed by atoms with Crippen LogP contribution in [0.5, 0.6) is 0 Å². The largest absolute Gasteiger partial charge is 0.498 e. The van der Waals surface area contributed by atoms with Gasteiger partial charge >= 0.3 is 20.4 Å². The van der Waals surface area contributed by atoms with Crippen molar-refractivity contribution < 1.29 is 77.6 Å². The summed E-state index contributed by atoms with van der Waals surface area (Å²) in [6.07, 6.45) is 0. The predicted octanol–water partition coefficient (Wildman–Crippen LogP) is 2.16. The molecule has 0 aliphatic heterocycles. The molecule has 184 valence electrons. The molecule has 30 heavy (non-hydrogen) atoms. The van der Waals surface area contributed by atoms with Crippen LogP contribution in [0.4, 0.5) is 43.9 Å². The number of sulfone groups is 4. The molecule has 0 aromatic rings. The molecule has 0 aromatic carbocycles. The normalized spacial score (nSPS) is 15.3. The second-order valence-corrected chi connectivity index (χ2v) is 14.6. The summed E-state index contributed by atoms with van der Waals surface area (Å²) >= 11 is 8.01. The van der Waals surface area contributed by atoms with E-state index in [9.17, 15) is 77.6 Å². The zero-order chi connectivity index (χ0) is 25.4. The molecule has 0 saturated carbocycles. The van der Waals surface area contributed by atoms with Gasteiger partial charge in [0.15, 0.2) is 10.2 Å². The lowest BCUT2D eigenvalue weighted by Crippen LogP contribution is -2.36. The van der Waals surface area contributed by atoms with E-state index in [2.05, 4.69) is 23.2 Å². The van der Waals surface area contributed by atoms with Gasteiger partial charge in [-0.25, -0.2) is 33.7 Å². The van der Waals surface area contributed by atoms with Crippen molar-refractivity contribution in [2.75, 3.05) is 10.2 Å². The van der Waals surface area contributed by atoms with Gasteiger partial charge in [0.1, 0.15) is 0 Å². The molecule has 0 fully saturated rings. The van der Waals surface area contributed by atoms with Crippen molar-refractivity contribution in [3.63, 3.8) is 0 Å². The van der Waals surface area contributed by atoms with Crippen LogP contribution in [0.2, 0.25) is 0 Å². The molecular weight excluding hydrogens is 589 g/mol. The third-order valence-electron chi connectivity index (χ3n) is 2.03. The summed E-state index contributed by atoms with van der Waals surface area (Å²) in [5.41, 5.74) is -12.1. The maximum Gasteiger partial charge on any atom is 0.498 e. The Labute approximate surface area is 170 Å². The number of rotatable bonds is 6. The lowest BCUT2D eigenvalue weighted by Gasteiger charge is -2.12. The third-order valence-corrected chi connectivity index (χ3v) is 11.2. The minimum absolute atomic E-state index is 2.55. The summed E-state index contributed by atoms with van der Waals surface area (Å²) < 4.78 is 190. The first-order valence-electron chi connectivity index (χ1n) is 5.57. The molecule has 0 unspecified atom stereocenters. The van der Waals surface area contributed by atoms with Crippen LogP contribution in [-0.4, -0.2) is 64.3 Å². The minimum atomic E-state index is -6.35. The van der Waals surface area contributed by atoms with E-state index in [0.717, 1.165) is 0 Å². The molecule has 0 aliphatic carbocycles. The average Bonchev–Trinajstić information content (AvgIpc) is 2.30. The van der Waals surface area contributed by atoms with Gasteiger partial charge in [-0.1, -0.05) is 0 Å². The monoisotopic (exact) mass is 592 g/mol. The Hall–Kier alpha value is -0.320. The van der Waals surface area contributed by atoms with E-state index >= 15 is 0 Å². The first kappa shape index (κ1) is 31.9. The van der Waals surface area contributed by atoms with E-state index in [0.29, 0.717) is 0 Å². The van der Waals surface area contributed by atoms with Crippen molar-refractivity contribution in [1.29, 1.82) is 0 Å². The van der Waals surface area contributed by atoms with Gasteiger partial charge < -0.3 is 0 Å².